The molecule has 0 saturated carbocycles. The number of esters is 1. The first-order valence-corrected chi connectivity index (χ1v) is 13.2. The minimum atomic E-state index is -3.51. The molecule has 4 rings (SSSR count). The number of aromatic nitrogens is 2. The fraction of sp³-hybridized carbons (Fsp3) is 0.346. The number of hydrogen-bond acceptors (Lipinski definition) is 7. The zero-order valence-electron chi connectivity index (χ0n) is 19.9. The molecule has 1 saturated heterocycles. The lowest BCUT2D eigenvalue weighted by atomic mass is 10.1. The third-order valence-corrected chi connectivity index (χ3v) is 7.79. The highest BCUT2D eigenvalue weighted by Gasteiger charge is 2.25. The van der Waals surface area contributed by atoms with Crippen molar-refractivity contribution in [1.82, 2.24) is 14.5 Å². The first-order valence-electron chi connectivity index (χ1n) is 11.7. The molecule has 184 valence electrons. The molecule has 1 fully saturated rings. The monoisotopic (exact) mass is 495 g/mol. The van der Waals surface area contributed by atoms with E-state index in [1.165, 1.54) is 6.08 Å². The van der Waals surface area contributed by atoms with Crippen LogP contribution in [0.5, 0.6) is 0 Å². The molecular weight excluding hydrogens is 466 g/mol. The molecule has 9 heteroatoms. The summed E-state index contributed by atoms with van der Waals surface area (Å²) in [5, 5.41) is 8.01. The predicted octanol–water partition coefficient (Wildman–Crippen LogP) is 4.93. The summed E-state index contributed by atoms with van der Waals surface area (Å²) in [4.78, 5) is 12.5. The number of sulfonamides is 1. The molecule has 8 nitrogen and oxygen atoms in total. The minimum absolute atomic E-state index is 0.199. The third kappa shape index (κ3) is 6.23. The number of ether oxygens (including phenoxy) is 1. The van der Waals surface area contributed by atoms with Crippen LogP contribution in [0.25, 0.3) is 17.5 Å². The van der Waals surface area contributed by atoms with Gasteiger partial charge in [-0.25, -0.2) is 13.2 Å². The number of carbonyl (C=O) groups excluding carboxylic acids is 1. The molecule has 1 aliphatic rings. The molecule has 3 aromatic rings. The van der Waals surface area contributed by atoms with Gasteiger partial charge in [0.15, 0.2) is 6.10 Å². The molecule has 0 aliphatic carbocycles. The quantitative estimate of drug-likeness (QED) is 0.338. The van der Waals surface area contributed by atoms with Crippen molar-refractivity contribution in [3.05, 3.63) is 71.6 Å². The van der Waals surface area contributed by atoms with Crippen LogP contribution in [0.2, 0.25) is 0 Å². The van der Waals surface area contributed by atoms with Crippen molar-refractivity contribution in [2.24, 2.45) is 0 Å². The zero-order chi connectivity index (χ0) is 24.8. The first-order chi connectivity index (χ1) is 16.8. The average molecular weight is 496 g/mol. The Balaban J connectivity index is 1.35. The summed E-state index contributed by atoms with van der Waals surface area (Å²) in [6, 6.07) is 14.1. The number of hydrogen-bond donors (Lipinski definition) is 0. The number of benzene rings is 2. The second-order valence-corrected chi connectivity index (χ2v) is 10.5. The number of nitrogens with zero attached hydrogens (tertiary/aromatic N) is 3. The van der Waals surface area contributed by atoms with Gasteiger partial charge >= 0.3 is 5.97 Å². The van der Waals surface area contributed by atoms with Crippen molar-refractivity contribution >= 4 is 22.1 Å². The van der Waals surface area contributed by atoms with Crippen molar-refractivity contribution in [1.29, 1.82) is 0 Å². The van der Waals surface area contributed by atoms with Gasteiger partial charge in [-0.3, -0.25) is 0 Å². The molecule has 1 aromatic heterocycles. The van der Waals surface area contributed by atoms with Crippen LogP contribution in [0, 0.1) is 6.92 Å². The van der Waals surface area contributed by atoms with Crippen molar-refractivity contribution in [3.8, 4) is 11.5 Å². The molecule has 1 atom stereocenters. The van der Waals surface area contributed by atoms with E-state index in [1.807, 2.05) is 31.2 Å². The maximum atomic E-state index is 12.9. The molecule has 0 radical (unpaired) electrons. The predicted molar refractivity (Wildman–Crippen MR) is 132 cm³/mol. The fourth-order valence-electron chi connectivity index (χ4n) is 3.82. The summed E-state index contributed by atoms with van der Waals surface area (Å²) < 4.78 is 38.4. The summed E-state index contributed by atoms with van der Waals surface area (Å²) in [6.07, 6.45) is 6.03. The van der Waals surface area contributed by atoms with E-state index in [9.17, 15) is 13.2 Å². The summed E-state index contributed by atoms with van der Waals surface area (Å²) in [5.74, 6) is -0.0205. The van der Waals surface area contributed by atoms with E-state index in [0.29, 0.717) is 24.5 Å². The first kappa shape index (κ1) is 24.8. The fourth-order valence-corrected chi connectivity index (χ4v) is 5.34. The molecule has 0 N–H and O–H groups in total. The van der Waals surface area contributed by atoms with Crippen LogP contribution in [0.4, 0.5) is 0 Å². The van der Waals surface area contributed by atoms with E-state index < -0.39 is 22.1 Å². The van der Waals surface area contributed by atoms with Gasteiger partial charge in [-0.2, -0.15) is 4.31 Å². The molecular formula is C26H29N3O5S. The van der Waals surface area contributed by atoms with Crippen LogP contribution in [0.3, 0.4) is 0 Å². The molecule has 0 bridgehead atoms. The highest BCUT2D eigenvalue weighted by atomic mass is 32.2. The van der Waals surface area contributed by atoms with Gasteiger partial charge in [0.2, 0.25) is 15.9 Å². The van der Waals surface area contributed by atoms with Crippen LogP contribution in [0.15, 0.2) is 63.9 Å². The SMILES string of the molecule is Cc1ccc(-c2nnc(C(C)OC(=O)/C=C/c3ccc(S(=O)(=O)N4CCCCCC4)cc3)o2)cc1. The van der Waals surface area contributed by atoms with Gasteiger partial charge in [0.1, 0.15) is 0 Å². The van der Waals surface area contributed by atoms with Gasteiger partial charge in [0.05, 0.1) is 4.90 Å². The normalized spacial score (nSPS) is 16.2. The Morgan fingerprint density at radius 2 is 1.66 bits per heavy atom. The topological polar surface area (TPSA) is 103 Å². The molecule has 1 unspecified atom stereocenters. The molecule has 1 aliphatic heterocycles. The maximum Gasteiger partial charge on any atom is 0.331 e. The van der Waals surface area contributed by atoms with Crippen LogP contribution < -0.4 is 0 Å². The minimum Gasteiger partial charge on any atom is -0.449 e. The van der Waals surface area contributed by atoms with Crippen LogP contribution in [-0.4, -0.2) is 42.0 Å². The average Bonchev–Trinajstić information content (AvgIpc) is 3.18. The van der Waals surface area contributed by atoms with Crippen molar-refractivity contribution in [2.75, 3.05) is 13.1 Å². The summed E-state index contributed by atoms with van der Waals surface area (Å²) >= 11 is 0. The summed E-state index contributed by atoms with van der Waals surface area (Å²) in [7, 11) is -3.51. The lowest BCUT2D eigenvalue weighted by molar-refractivity contribution is -0.143. The highest BCUT2D eigenvalue weighted by molar-refractivity contribution is 7.89. The number of carbonyl (C=O) groups is 1. The molecule has 2 aromatic carbocycles. The molecule has 2 heterocycles. The van der Waals surface area contributed by atoms with Gasteiger partial charge in [-0.15, -0.1) is 10.2 Å². The van der Waals surface area contributed by atoms with E-state index in [0.717, 1.165) is 36.8 Å². The van der Waals surface area contributed by atoms with E-state index in [2.05, 4.69) is 10.2 Å². The van der Waals surface area contributed by atoms with Crippen LogP contribution in [-0.2, 0) is 19.6 Å². The van der Waals surface area contributed by atoms with E-state index in [-0.39, 0.29) is 10.8 Å². The van der Waals surface area contributed by atoms with Crippen LogP contribution in [0.1, 0.15) is 55.7 Å². The molecule has 0 spiro atoms. The van der Waals surface area contributed by atoms with Gasteiger partial charge in [0.25, 0.3) is 5.89 Å². The Morgan fingerprint density at radius 1 is 1.00 bits per heavy atom. The van der Waals surface area contributed by atoms with E-state index in [1.54, 1.807) is 41.6 Å². The summed E-state index contributed by atoms with van der Waals surface area (Å²) in [6.45, 7) is 4.76. The Morgan fingerprint density at radius 3 is 2.31 bits per heavy atom. The lowest BCUT2D eigenvalue weighted by Crippen LogP contribution is -2.31. The van der Waals surface area contributed by atoms with Crippen molar-refractivity contribution in [3.63, 3.8) is 0 Å². The number of rotatable bonds is 7. The Labute approximate surface area is 205 Å². The Hall–Kier alpha value is -3.30. The van der Waals surface area contributed by atoms with Gasteiger partial charge in [-0.05, 0) is 62.6 Å². The van der Waals surface area contributed by atoms with E-state index in [4.69, 9.17) is 9.15 Å². The summed E-state index contributed by atoms with van der Waals surface area (Å²) in [5.41, 5.74) is 2.59. The zero-order valence-corrected chi connectivity index (χ0v) is 20.7. The Kier molecular flexibility index (Phi) is 7.77. The lowest BCUT2D eigenvalue weighted by Gasteiger charge is -2.19. The second kappa shape index (κ2) is 11.0. The Bertz CT molecular complexity index is 1270. The van der Waals surface area contributed by atoms with Crippen molar-refractivity contribution in [2.45, 2.75) is 50.5 Å². The smallest absolute Gasteiger partial charge is 0.331 e. The number of aryl methyl sites for hydroxylation is 1. The van der Waals surface area contributed by atoms with Crippen LogP contribution >= 0.6 is 0 Å². The van der Waals surface area contributed by atoms with Crippen molar-refractivity contribution < 1.29 is 22.4 Å². The second-order valence-electron chi connectivity index (χ2n) is 8.61. The standard InChI is InChI=1S/C26H29N3O5S/c1-19-7-12-22(13-8-19)26-28-27-25(34-26)20(2)33-24(30)16-11-21-9-14-23(15-10-21)35(31,32)29-17-5-3-4-6-18-29/h7-16,20H,3-6,17-18H2,1-2H3/b16-11+. The van der Waals surface area contributed by atoms with Gasteiger partial charge in [0, 0.05) is 24.7 Å². The van der Waals surface area contributed by atoms with Gasteiger partial charge in [-0.1, -0.05) is 42.7 Å². The third-order valence-electron chi connectivity index (χ3n) is 5.87. The largest absolute Gasteiger partial charge is 0.449 e. The maximum absolute atomic E-state index is 12.9. The van der Waals surface area contributed by atoms with Gasteiger partial charge < -0.3 is 9.15 Å². The van der Waals surface area contributed by atoms with E-state index >= 15 is 0 Å². The molecule has 35 heavy (non-hydrogen) atoms. The molecule has 0 amide bonds. The highest BCUT2D eigenvalue weighted by Crippen LogP contribution is 2.23.